The molecule has 0 saturated carbocycles. The summed E-state index contributed by atoms with van der Waals surface area (Å²) in [5.74, 6) is 0.686. The van der Waals surface area contributed by atoms with Gasteiger partial charge >= 0.3 is 0 Å². The Bertz CT molecular complexity index is 162. The predicted octanol–water partition coefficient (Wildman–Crippen LogP) is 2.08. The molecule has 0 fully saturated rings. The van der Waals surface area contributed by atoms with Gasteiger partial charge in [-0.3, -0.25) is 0 Å². The van der Waals surface area contributed by atoms with Crippen LogP contribution in [0.4, 0.5) is 0 Å². The van der Waals surface area contributed by atoms with E-state index in [-0.39, 0.29) is 0 Å². The molecule has 0 aliphatic heterocycles. The third kappa shape index (κ3) is 2.69. The van der Waals surface area contributed by atoms with E-state index in [4.69, 9.17) is 11.6 Å². The molecule has 0 radical (unpaired) electrons. The molecule has 1 N–H and O–H groups in total. The fraction of sp³-hybridized carbons (Fsp3) is 0.429. The smallest absolute Gasteiger partial charge is 0.0348 e. The maximum Gasteiger partial charge on any atom is 0.0348 e. The Morgan fingerprint density at radius 1 is 1.60 bits per heavy atom. The molecule has 0 saturated heterocycles. The molecule has 0 bridgehead atoms. The van der Waals surface area contributed by atoms with Crippen molar-refractivity contribution < 1.29 is 0 Å². The van der Waals surface area contributed by atoms with Crippen molar-refractivity contribution in [1.29, 1.82) is 0 Å². The second kappa shape index (κ2) is 4.72. The largest absolute Gasteiger partial charge is 0.311 e. The molecule has 0 atom stereocenters. The fourth-order valence-electron chi connectivity index (χ4n) is 0.692. The van der Waals surface area contributed by atoms with Crippen LogP contribution in [0.2, 0.25) is 0 Å². The second-order valence-corrected chi connectivity index (χ2v) is 3.36. The maximum atomic E-state index is 5.48. The van der Waals surface area contributed by atoms with Crippen LogP contribution in [0.1, 0.15) is 4.88 Å². The van der Waals surface area contributed by atoms with Crippen molar-refractivity contribution in [2.24, 2.45) is 0 Å². The molecule has 1 aromatic rings. The minimum Gasteiger partial charge on any atom is -0.311 e. The van der Waals surface area contributed by atoms with E-state index in [1.165, 1.54) is 4.88 Å². The van der Waals surface area contributed by atoms with Crippen LogP contribution in [0.25, 0.3) is 0 Å². The summed E-state index contributed by atoms with van der Waals surface area (Å²) < 4.78 is 0. The average molecular weight is 176 g/mol. The van der Waals surface area contributed by atoms with Crippen LogP contribution in [0.3, 0.4) is 0 Å². The maximum absolute atomic E-state index is 5.48. The molecule has 10 heavy (non-hydrogen) atoms. The molecular formula is C7H10ClNS. The number of hydrogen-bond donors (Lipinski definition) is 1. The molecule has 1 aromatic heterocycles. The second-order valence-electron chi connectivity index (χ2n) is 1.95. The standard InChI is InChI=1S/C7H10ClNS/c8-3-4-9-6-7-2-1-5-10-7/h1-2,5,9H,3-4,6H2. The first kappa shape index (κ1) is 8.05. The van der Waals surface area contributed by atoms with Crippen LogP contribution in [0, 0.1) is 0 Å². The molecule has 0 amide bonds. The summed E-state index contributed by atoms with van der Waals surface area (Å²) in [7, 11) is 0. The molecular weight excluding hydrogens is 166 g/mol. The van der Waals surface area contributed by atoms with Gasteiger partial charge in [0.15, 0.2) is 0 Å². The lowest BCUT2D eigenvalue weighted by molar-refractivity contribution is 0.739. The SMILES string of the molecule is ClCCNCc1cccs1. The first-order valence-electron chi connectivity index (χ1n) is 3.22. The van der Waals surface area contributed by atoms with Crippen molar-refractivity contribution in [1.82, 2.24) is 5.32 Å². The van der Waals surface area contributed by atoms with Crippen molar-refractivity contribution in [3.8, 4) is 0 Å². The van der Waals surface area contributed by atoms with E-state index in [1.807, 2.05) is 0 Å². The van der Waals surface area contributed by atoms with Gasteiger partial charge in [-0.1, -0.05) is 6.07 Å². The lowest BCUT2D eigenvalue weighted by Crippen LogP contribution is -2.14. The van der Waals surface area contributed by atoms with E-state index < -0.39 is 0 Å². The van der Waals surface area contributed by atoms with Gasteiger partial charge in [0.1, 0.15) is 0 Å². The summed E-state index contributed by atoms with van der Waals surface area (Å²) in [5.41, 5.74) is 0. The van der Waals surface area contributed by atoms with Crippen LogP contribution in [0.5, 0.6) is 0 Å². The number of thiophene rings is 1. The van der Waals surface area contributed by atoms with E-state index in [9.17, 15) is 0 Å². The first-order valence-corrected chi connectivity index (χ1v) is 4.64. The van der Waals surface area contributed by atoms with Crippen LogP contribution >= 0.6 is 22.9 Å². The minimum atomic E-state index is 0.686. The molecule has 56 valence electrons. The van der Waals surface area contributed by atoms with Crippen LogP contribution in [-0.2, 0) is 6.54 Å². The Morgan fingerprint density at radius 3 is 3.10 bits per heavy atom. The van der Waals surface area contributed by atoms with Gasteiger partial charge in [0.05, 0.1) is 0 Å². The van der Waals surface area contributed by atoms with Crippen molar-refractivity contribution in [2.75, 3.05) is 12.4 Å². The number of hydrogen-bond acceptors (Lipinski definition) is 2. The van der Waals surface area contributed by atoms with Gasteiger partial charge < -0.3 is 5.32 Å². The van der Waals surface area contributed by atoms with Crippen molar-refractivity contribution >= 4 is 22.9 Å². The lowest BCUT2D eigenvalue weighted by Gasteiger charge is -1.97. The van der Waals surface area contributed by atoms with Crippen molar-refractivity contribution in [3.05, 3.63) is 22.4 Å². The minimum absolute atomic E-state index is 0.686. The topological polar surface area (TPSA) is 12.0 Å². The fourth-order valence-corrected chi connectivity index (χ4v) is 1.50. The Balaban J connectivity index is 2.15. The van der Waals surface area contributed by atoms with Gasteiger partial charge in [0, 0.05) is 23.8 Å². The molecule has 0 unspecified atom stereocenters. The highest BCUT2D eigenvalue weighted by Crippen LogP contribution is 2.06. The third-order valence-corrected chi connectivity index (χ3v) is 2.22. The number of halogens is 1. The lowest BCUT2D eigenvalue weighted by atomic mass is 10.4. The molecule has 1 nitrogen and oxygen atoms in total. The number of alkyl halides is 1. The summed E-state index contributed by atoms with van der Waals surface area (Å²) in [5, 5.41) is 5.30. The molecule has 0 spiro atoms. The molecule has 0 aliphatic carbocycles. The average Bonchev–Trinajstić information content (AvgIpc) is 2.41. The van der Waals surface area contributed by atoms with Gasteiger partial charge in [0.25, 0.3) is 0 Å². The van der Waals surface area contributed by atoms with Crippen LogP contribution < -0.4 is 5.32 Å². The molecule has 1 heterocycles. The Labute approximate surface area is 70.0 Å². The Morgan fingerprint density at radius 2 is 2.50 bits per heavy atom. The van der Waals surface area contributed by atoms with Crippen LogP contribution in [-0.4, -0.2) is 12.4 Å². The first-order chi connectivity index (χ1) is 4.93. The molecule has 0 aromatic carbocycles. The number of rotatable bonds is 4. The Kier molecular flexibility index (Phi) is 3.80. The summed E-state index contributed by atoms with van der Waals surface area (Å²) in [6.07, 6.45) is 0. The van der Waals surface area contributed by atoms with E-state index in [0.29, 0.717) is 5.88 Å². The quantitative estimate of drug-likeness (QED) is 0.546. The highest BCUT2D eigenvalue weighted by Gasteiger charge is 1.89. The summed E-state index contributed by atoms with van der Waals surface area (Å²) >= 11 is 7.25. The third-order valence-electron chi connectivity index (χ3n) is 1.15. The summed E-state index contributed by atoms with van der Waals surface area (Å²) in [6.45, 7) is 1.84. The zero-order valence-electron chi connectivity index (χ0n) is 5.64. The van der Waals surface area contributed by atoms with Gasteiger partial charge in [-0.2, -0.15) is 0 Å². The van der Waals surface area contributed by atoms with Gasteiger partial charge in [0.2, 0.25) is 0 Å². The molecule has 3 heteroatoms. The summed E-state index contributed by atoms with van der Waals surface area (Å²) in [6, 6.07) is 4.17. The zero-order chi connectivity index (χ0) is 7.23. The Hall–Kier alpha value is -0.0500. The number of nitrogens with one attached hydrogen (secondary N) is 1. The highest BCUT2D eigenvalue weighted by atomic mass is 35.5. The van der Waals surface area contributed by atoms with Crippen molar-refractivity contribution in [2.45, 2.75) is 6.54 Å². The van der Waals surface area contributed by atoms with Gasteiger partial charge in [-0.15, -0.1) is 22.9 Å². The molecule has 1 rings (SSSR count). The van der Waals surface area contributed by atoms with E-state index >= 15 is 0 Å². The van der Waals surface area contributed by atoms with Crippen molar-refractivity contribution in [3.63, 3.8) is 0 Å². The monoisotopic (exact) mass is 175 g/mol. The van der Waals surface area contributed by atoms with E-state index in [0.717, 1.165) is 13.1 Å². The van der Waals surface area contributed by atoms with Gasteiger partial charge in [-0.25, -0.2) is 0 Å². The zero-order valence-corrected chi connectivity index (χ0v) is 7.21. The normalized spacial score (nSPS) is 10.1. The van der Waals surface area contributed by atoms with E-state index in [2.05, 4.69) is 22.8 Å². The predicted molar refractivity (Wildman–Crippen MR) is 46.7 cm³/mol. The van der Waals surface area contributed by atoms with Gasteiger partial charge in [-0.05, 0) is 11.4 Å². The highest BCUT2D eigenvalue weighted by molar-refractivity contribution is 7.09. The molecule has 0 aliphatic rings. The summed E-state index contributed by atoms with van der Waals surface area (Å²) in [4.78, 5) is 1.37. The van der Waals surface area contributed by atoms with Crippen LogP contribution in [0.15, 0.2) is 17.5 Å². The van der Waals surface area contributed by atoms with E-state index in [1.54, 1.807) is 11.3 Å².